The van der Waals surface area contributed by atoms with E-state index in [9.17, 15) is 4.79 Å². The number of carbonyl (C=O) groups is 1. The normalized spacial score (nSPS) is 10.5. The molecule has 4 nitrogen and oxygen atoms in total. The Morgan fingerprint density at radius 2 is 2.32 bits per heavy atom. The minimum absolute atomic E-state index is 0.0112. The van der Waals surface area contributed by atoms with Crippen LogP contribution in [0.4, 0.5) is 5.69 Å². The molecule has 1 rings (SSSR count). The molecule has 2 N–H and O–H groups in total. The Bertz CT molecular complexity index is 449. The molecule has 0 spiro atoms. The van der Waals surface area contributed by atoms with Crippen molar-refractivity contribution in [3.63, 3.8) is 0 Å². The molecule has 0 saturated heterocycles. The van der Waals surface area contributed by atoms with E-state index < -0.39 is 0 Å². The molecule has 0 fully saturated rings. The molecule has 0 aliphatic heterocycles. The van der Waals surface area contributed by atoms with Crippen molar-refractivity contribution in [2.45, 2.75) is 6.92 Å². The molecule has 1 aromatic carbocycles. The molecule has 1 aromatic rings. The van der Waals surface area contributed by atoms with Gasteiger partial charge in [-0.1, -0.05) is 23.7 Å². The van der Waals surface area contributed by atoms with Gasteiger partial charge in [-0.2, -0.15) is 0 Å². The number of halogens is 1. The molecule has 5 heteroatoms. The van der Waals surface area contributed by atoms with E-state index in [2.05, 4.69) is 11.9 Å². The highest BCUT2D eigenvalue weighted by atomic mass is 35.5. The molecule has 0 heterocycles. The molecular weight excluding hydrogens is 264 g/mol. The Morgan fingerprint density at radius 3 is 2.95 bits per heavy atom. The first-order chi connectivity index (χ1) is 9.06. The van der Waals surface area contributed by atoms with E-state index in [1.807, 2.05) is 17.9 Å². The third kappa shape index (κ3) is 5.42. The summed E-state index contributed by atoms with van der Waals surface area (Å²) in [6.07, 6.45) is 1.70. The first kappa shape index (κ1) is 15.7. The molecule has 0 aromatic heterocycles. The van der Waals surface area contributed by atoms with Crippen LogP contribution >= 0.6 is 11.6 Å². The van der Waals surface area contributed by atoms with E-state index in [1.165, 1.54) is 0 Å². The fourth-order valence-corrected chi connectivity index (χ4v) is 1.85. The Kier molecular flexibility index (Phi) is 6.56. The third-order valence-corrected chi connectivity index (χ3v) is 2.88. The van der Waals surface area contributed by atoms with Gasteiger partial charge in [0.2, 0.25) is 5.91 Å². The monoisotopic (exact) mass is 282 g/mol. The lowest BCUT2D eigenvalue weighted by Gasteiger charge is -2.19. The van der Waals surface area contributed by atoms with Crippen molar-refractivity contribution >= 4 is 23.2 Å². The maximum absolute atomic E-state index is 11.9. The number of nitrogens with zero attached hydrogens (tertiary/aromatic N) is 1. The molecule has 19 heavy (non-hydrogen) atoms. The van der Waals surface area contributed by atoms with Gasteiger partial charge in [0.1, 0.15) is 0 Å². The molecule has 0 bridgehead atoms. The quantitative estimate of drug-likeness (QED) is 0.753. The lowest BCUT2D eigenvalue weighted by Crippen LogP contribution is -2.35. The summed E-state index contributed by atoms with van der Waals surface area (Å²) >= 11 is 5.90. The van der Waals surface area contributed by atoms with Crippen LogP contribution in [0.3, 0.4) is 0 Å². The number of aryl methyl sites for hydroxylation is 1. The van der Waals surface area contributed by atoms with Gasteiger partial charge in [0.25, 0.3) is 0 Å². The third-order valence-electron chi connectivity index (χ3n) is 2.64. The molecule has 104 valence electrons. The number of anilines is 1. The largest absolute Gasteiger partial charge is 0.395 e. The van der Waals surface area contributed by atoms with Gasteiger partial charge in [-0.3, -0.25) is 9.69 Å². The van der Waals surface area contributed by atoms with E-state index in [1.54, 1.807) is 18.2 Å². The molecular formula is C14H19ClN2O2. The number of nitrogens with one attached hydrogen (secondary N) is 1. The van der Waals surface area contributed by atoms with Gasteiger partial charge in [0, 0.05) is 23.8 Å². The number of carbonyl (C=O) groups excluding carboxylic acids is 1. The maximum atomic E-state index is 11.9. The first-order valence-corrected chi connectivity index (χ1v) is 6.44. The van der Waals surface area contributed by atoms with Crippen LogP contribution in [-0.4, -0.2) is 42.2 Å². The van der Waals surface area contributed by atoms with Gasteiger partial charge in [0.05, 0.1) is 13.2 Å². The van der Waals surface area contributed by atoms with E-state index >= 15 is 0 Å². The van der Waals surface area contributed by atoms with E-state index in [-0.39, 0.29) is 19.1 Å². The minimum atomic E-state index is -0.138. The average molecular weight is 283 g/mol. The Morgan fingerprint density at radius 1 is 1.58 bits per heavy atom. The molecule has 0 aliphatic carbocycles. The lowest BCUT2D eigenvalue weighted by atomic mass is 10.2. The SMILES string of the molecule is C=CCN(CCO)CC(=O)Nc1cc(Cl)ccc1C. The molecule has 0 atom stereocenters. The standard InChI is InChI=1S/C14H19ClN2O2/c1-3-6-17(7-8-18)10-14(19)16-13-9-12(15)5-4-11(13)2/h3-5,9,18H,1,6-8,10H2,2H3,(H,16,19). The average Bonchev–Trinajstić information content (AvgIpc) is 2.34. The summed E-state index contributed by atoms with van der Waals surface area (Å²) in [6, 6.07) is 5.36. The lowest BCUT2D eigenvalue weighted by molar-refractivity contribution is -0.117. The first-order valence-electron chi connectivity index (χ1n) is 6.07. The number of hydrogen-bond acceptors (Lipinski definition) is 3. The van der Waals surface area contributed by atoms with Crippen LogP contribution in [-0.2, 0) is 4.79 Å². The van der Waals surface area contributed by atoms with Crippen LogP contribution in [0.1, 0.15) is 5.56 Å². The van der Waals surface area contributed by atoms with E-state index in [0.29, 0.717) is 23.8 Å². The number of aliphatic hydroxyl groups excluding tert-OH is 1. The Labute approximate surface area is 118 Å². The molecule has 0 radical (unpaired) electrons. The van der Waals surface area contributed by atoms with Crippen molar-refractivity contribution < 1.29 is 9.90 Å². The maximum Gasteiger partial charge on any atom is 0.238 e. The highest BCUT2D eigenvalue weighted by Gasteiger charge is 2.10. The summed E-state index contributed by atoms with van der Waals surface area (Å²) in [7, 11) is 0. The minimum Gasteiger partial charge on any atom is -0.395 e. The van der Waals surface area contributed by atoms with Crippen LogP contribution in [0, 0.1) is 6.92 Å². The van der Waals surface area contributed by atoms with Gasteiger partial charge < -0.3 is 10.4 Å². The zero-order chi connectivity index (χ0) is 14.3. The number of rotatable bonds is 7. The van der Waals surface area contributed by atoms with Gasteiger partial charge in [-0.25, -0.2) is 0 Å². The van der Waals surface area contributed by atoms with Crippen molar-refractivity contribution in [2.24, 2.45) is 0 Å². The second-order valence-corrected chi connectivity index (χ2v) is 4.69. The van der Waals surface area contributed by atoms with Crippen molar-refractivity contribution in [3.8, 4) is 0 Å². The van der Waals surface area contributed by atoms with Crippen molar-refractivity contribution in [2.75, 3.05) is 31.6 Å². The molecule has 0 saturated carbocycles. The highest BCUT2D eigenvalue weighted by molar-refractivity contribution is 6.31. The van der Waals surface area contributed by atoms with E-state index in [4.69, 9.17) is 16.7 Å². The zero-order valence-electron chi connectivity index (χ0n) is 11.0. The predicted octanol–water partition coefficient (Wildman–Crippen LogP) is 2.07. The van der Waals surface area contributed by atoms with Gasteiger partial charge in [-0.15, -0.1) is 6.58 Å². The highest BCUT2D eigenvalue weighted by Crippen LogP contribution is 2.19. The Hall–Kier alpha value is -1.36. The van der Waals surface area contributed by atoms with Crippen LogP contribution in [0.2, 0.25) is 5.02 Å². The summed E-state index contributed by atoms with van der Waals surface area (Å²) in [5.41, 5.74) is 1.66. The molecule has 0 aliphatic rings. The van der Waals surface area contributed by atoms with Gasteiger partial charge in [-0.05, 0) is 24.6 Å². The smallest absolute Gasteiger partial charge is 0.238 e. The van der Waals surface area contributed by atoms with Crippen molar-refractivity contribution in [1.82, 2.24) is 4.90 Å². The topological polar surface area (TPSA) is 52.6 Å². The Balaban J connectivity index is 2.63. The second-order valence-electron chi connectivity index (χ2n) is 4.25. The van der Waals surface area contributed by atoms with Crippen LogP contribution < -0.4 is 5.32 Å². The fraction of sp³-hybridized carbons (Fsp3) is 0.357. The predicted molar refractivity (Wildman–Crippen MR) is 78.5 cm³/mol. The van der Waals surface area contributed by atoms with Crippen LogP contribution in [0.5, 0.6) is 0 Å². The van der Waals surface area contributed by atoms with Gasteiger partial charge in [0.15, 0.2) is 0 Å². The summed E-state index contributed by atoms with van der Waals surface area (Å²) in [4.78, 5) is 13.7. The molecule has 1 amide bonds. The number of aliphatic hydroxyl groups is 1. The fourth-order valence-electron chi connectivity index (χ4n) is 1.68. The molecule has 0 unspecified atom stereocenters. The van der Waals surface area contributed by atoms with Crippen molar-refractivity contribution in [1.29, 1.82) is 0 Å². The van der Waals surface area contributed by atoms with Crippen molar-refractivity contribution in [3.05, 3.63) is 41.4 Å². The van der Waals surface area contributed by atoms with Crippen LogP contribution in [0.25, 0.3) is 0 Å². The second kappa shape index (κ2) is 7.94. The van der Waals surface area contributed by atoms with Gasteiger partial charge >= 0.3 is 0 Å². The summed E-state index contributed by atoms with van der Waals surface area (Å²) in [5.74, 6) is -0.138. The number of benzene rings is 1. The number of hydrogen-bond donors (Lipinski definition) is 2. The number of amides is 1. The zero-order valence-corrected chi connectivity index (χ0v) is 11.8. The summed E-state index contributed by atoms with van der Waals surface area (Å²) < 4.78 is 0. The van der Waals surface area contributed by atoms with Crippen LogP contribution in [0.15, 0.2) is 30.9 Å². The summed E-state index contributed by atoms with van der Waals surface area (Å²) in [6.45, 7) is 6.75. The summed E-state index contributed by atoms with van der Waals surface area (Å²) in [5, 5.41) is 12.3. The van der Waals surface area contributed by atoms with E-state index in [0.717, 1.165) is 5.56 Å².